The van der Waals surface area contributed by atoms with Crippen LogP contribution in [0.25, 0.3) is 0 Å². The highest BCUT2D eigenvalue weighted by Crippen LogP contribution is 2.28. The fraction of sp³-hybridized carbons (Fsp3) is 0.632. The number of carbonyl (C=O) groups is 2. The summed E-state index contributed by atoms with van der Waals surface area (Å²) >= 11 is 0. The summed E-state index contributed by atoms with van der Waals surface area (Å²) in [6, 6.07) is 4.05. The van der Waals surface area contributed by atoms with Gasteiger partial charge in [-0.15, -0.1) is 0 Å². The Labute approximate surface area is 155 Å². The molecule has 3 rings (SSSR count). The van der Waals surface area contributed by atoms with Crippen molar-refractivity contribution in [1.29, 1.82) is 0 Å². The summed E-state index contributed by atoms with van der Waals surface area (Å²) in [6.45, 7) is 5.17. The number of hydrogen-bond donors (Lipinski definition) is 2. The minimum atomic E-state index is 0.00816. The molecular weight excluding hydrogens is 330 g/mol. The van der Waals surface area contributed by atoms with Crippen LogP contribution in [0.5, 0.6) is 0 Å². The fourth-order valence-electron chi connectivity index (χ4n) is 2.98. The van der Waals surface area contributed by atoms with Crippen LogP contribution in [0.1, 0.15) is 31.2 Å². The van der Waals surface area contributed by atoms with E-state index in [2.05, 4.69) is 32.5 Å². The van der Waals surface area contributed by atoms with Crippen LogP contribution in [0, 0.1) is 5.92 Å². The van der Waals surface area contributed by atoms with E-state index < -0.39 is 0 Å². The van der Waals surface area contributed by atoms with Crippen LogP contribution >= 0.6 is 0 Å². The molecular formula is C19H29N5O2. The Morgan fingerprint density at radius 1 is 1.15 bits per heavy atom. The molecule has 0 bridgehead atoms. The summed E-state index contributed by atoms with van der Waals surface area (Å²) in [5, 5.41) is 5.79. The van der Waals surface area contributed by atoms with E-state index in [4.69, 9.17) is 0 Å². The normalized spacial score (nSPS) is 17.8. The molecule has 2 aliphatic rings. The van der Waals surface area contributed by atoms with Crippen molar-refractivity contribution in [2.45, 2.75) is 32.2 Å². The Bertz CT molecular complexity index is 607. The molecule has 1 aromatic rings. The number of piperazine rings is 1. The van der Waals surface area contributed by atoms with Gasteiger partial charge in [0.1, 0.15) is 5.82 Å². The summed E-state index contributed by atoms with van der Waals surface area (Å²) in [5.74, 6) is 1.37. The van der Waals surface area contributed by atoms with Gasteiger partial charge in [0.2, 0.25) is 11.8 Å². The number of amides is 2. The first kappa shape index (κ1) is 18.6. The van der Waals surface area contributed by atoms with Crippen LogP contribution < -0.4 is 15.5 Å². The predicted molar refractivity (Wildman–Crippen MR) is 101 cm³/mol. The number of rotatable bonds is 8. The summed E-state index contributed by atoms with van der Waals surface area (Å²) < 4.78 is 0. The minimum absolute atomic E-state index is 0.00816. The number of anilines is 1. The standard InChI is InChI=1S/C19H29N5O2/c1-23-9-11-24(12-10-23)17-7-4-15(13-21-17)14-22-18(25)3-2-8-20-19(26)16-5-6-16/h4,7,13,16H,2-3,5-6,8-12,14H2,1H3,(H,20,26)(H,22,25). The van der Waals surface area contributed by atoms with Crippen molar-refractivity contribution in [1.82, 2.24) is 20.5 Å². The van der Waals surface area contributed by atoms with Gasteiger partial charge in [0.15, 0.2) is 0 Å². The second-order valence-electron chi connectivity index (χ2n) is 7.26. The zero-order valence-corrected chi connectivity index (χ0v) is 15.5. The van der Waals surface area contributed by atoms with Gasteiger partial charge in [0.25, 0.3) is 0 Å². The maximum Gasteiger partial charge on any atom is 0.223 e. The molecule has 0 aromatic carbocycles. The van der Waals surface area contributed by atoms with Crippen molar-refractivity contribution in [2.75, 3.05) is 44.7 Å². The number of pyridine rings is 1. The lowest BCUT2D eigenvalue weighted by molar-refractivity contribution is -0.123. The van der Waals surface area contributed by atoms with Crippen LogP contribution in [0.2, 0.25) is 0 Å². The first-order valence-corrected chi connectivity index (χ1v) is 9.54. The second kappa shape index (κ2) is 8.98. The van der Waals surface area contributed by atoms with E-state index in [1.54, 1.807) is 0 Å². The zero-order chi connectivity index (χ0) is 18.4. The maximum absolute atomic E-state index is 11.9. The van der Waals surface area contributed by atoms with Gasteiger partial charge < -0.3 is 20.4 Å². The quantitative estimate of drug-likeness (QED) is 0.670. The Morgan fingerprint density at radius 3 is 2.58 bits per heavy atom. The summed E-state index contributed by atoms with van der Waals surface area (Å²) in [5.41, 5.74) is 0.998. The molecule has 0 spiro atoms. The number of hydrogen-bond acceptors (Lipinski definition) is 5. The van der Waals surface area contributed by atoms with Crippen molar-refractivity contribution < 1.29 is 9.59 Å². The number of aromatic nitrogens is 1. The average molecular weight is 359 g/mol. The molecule has 1 aromatic heterocycles. The van der Waals surface area contributed by atoms with Gasteiger partial charge in [-0.2, -0.15) is 0 Å². The molecule has 1 aliphatic carbocycles. The summed E-state index contributed by atoms with van der Waals surface area (Å²) in [7, 11) is 2.14. The van der Waals surface area contributed by atoms with Crippen LogP contribution in [-0.4, -0.2) is 61.5 Å². The van der Waals surface area contributed by atoms with Gasteiger partial charge in [-0.25, -0.2) is 4.98 Å². The number of carbonyl (C=O) groups excluding carboxylic acids is 2. The van der Waals surface area contributed by atoms with Crippen molar-refractivity contribution in [2.24, 2.45) is 5.92 Å². The Balaban J connectivity index is 1.32. The molecule has 0 unspecified atom stereocenters. The molecule has 1 aliphatic heterocycles. The summed E-state index contributed by atoms with van der Waals surface area (Å²) in [6.07, 6.45) is 4.95. The molecule has 1 saturated heterocycles. The van der Waals surface area contributed by atoms with Gasteiger partial charge in [-0.3, -0.25) is 9.59 Å². The molecule has 1 saturated carbocycles. The average Bonchev–Trinajstić information content (AvgIpc) is 3.50. The highest BCUT2D eigenvalue weighted by molar-refractivity contribution is 5.81. The molecule has 26 heavy (non-hydrogen) atoms. The third-order valence-electron chi connectivity index (χ3n) is 4.95. The van der Waals surface area contributed by atoms with E-state index in [0.29, 0.717) is 25.9 Å². The lowest BCUT2D eigenvalue weighted by Gasteiger charge is -2.33. The largest absolute Gasteiger partial charge is 0.356 e. The van der Waals surface area contributed by atoms with Gasteiger partial charge in [-0.1, -0.05) is 6.07 Å². The number of likely N-dealkylation sites (N-methyl/N-ethyl adjacent to an activating group) is 1. The number of nitrogens with zero attached hydrogens (tertiary/aromatic N) is 3. The van der Waals surface area contributed by atoms with E-state index >= 15 is 0 Å². The van der Waals surface area contributed by atoms with E-state index in [1.165, 1.54) is 0 Å². The molecule has 0 atom stereocenters. The van der Waals surface area contributed by atoms with Gasteiger partial charge in [0.05, 0.1) is 0 Å². The molecule has 2 N–H and O–H groups in total. The number of nitrogens with one attached hydrogen (secondary N) is 2. The molecule has 2 heterocycles. The van der Waals surface area contributed by atoms with Crippen molar-refractivity contribution in [3.05, 3.63) is 23.9 Å². The molecule has 7 nitrogen and oxygen atoms in total. The van der Waals surface area contributed by atoms with Crippen LogP contribution in [0.3, 0.4) is 0 Å². The lowest BCUT2D eigenvalue weighted by Crippen LogP contribution is -2.44. The van der Waals surface area contributed by atoms with Crippen LogP contribution in [-0.2, 0) is 16.1 Å². The predicted octanol–water partition coefficient (Wildman–Crippen LogP) is 0.756. The van der Waals surface area contributed by atoms with Crippen LogP contribution in [0.15, 0.2) is 18.3 Å². The van der Waals surface area contributed by atoms with Gasteiger partial charge >= 0.3 is 0 Å². The molecule has 7 heteroatoms. The van der Waals surface area contributed by atoms with E-state index in [9.17, 15) is 9.59 Å². The first-order valence-electron chi connectivity index (χ1n) is 9.54. The van der Waals surface area contributed by atoms with Crippen LogP contribution in [0.4, 0.5) is 5.82 Å². The Hall–Kier alpha value is -2.15. The van der Waals surface area contributed by atoms with Gasteiger partial charge in [-0.05, 0) is 37.9 Å². The summed E-state index contributed by atoms with van der Waals surface area (Å²) in [4.78, 5) is 32.5. The first-order chi connectivity index (χ1) is 12.6. The SMILES string of the molecule is CN1CCN(c2ccc(CNC(=O)CCCNC(=O)C3CC3)cn2)CC1. The maximum atomic E-state index is 11.9. The Morgan fingerprint density at radius 2 is 1.92 bits per heavy atom. The Kier molecular flexibility index (Phi) is 6.44. The highest BCUT2D eigenvalue weighted by atomic mass is 16.2. The van der Waals surface area contributed by atoms with Gasteiger partial charge in [0, 0.05) is 57.8 Å². The fourth-order valence-corrected chi connectivity index (χ4v) is 2.98. The molecule has 0 radical (unpaired) electrons. The topological polar surface area (TPSA) is 77.6 Å². The van der Waals surface area contributed by atoms with Crippen molar-refractivity contribution in [3.63, 3.8) is 0 Å². The molecule has 142 valence electrons. The third kappa shape index (κ3) is 5.69. The second-order valence-corrected chi connectivity index (χ2v) is 7.26. The highest BCUT2D eigenvalue weighted by Gasteiger charge is 2.28. The van der Waals surface area contributed by atoms with E-state index in [-0.39, 0.29) is 17.7 Å². The third-order valence-corrected chi connectivity index (χ3v) is 4.95. The van der Waals surface area contributed by atoms with E-state index in [0.717, 1.165) is 50.4 Å². The van der Waals surface area contributed by atoms with Crippen molar-refractivity contribution >= 4 is 17.6 Å². The zero-order valence-electron chi connectivity index (χ0n) is 15.5. The van der Waals surface area contributed by atoms with E-state index in [1.807, 2.05) is 18.3 Å². The molecule has 2 fully saturated rings. The monoisotopic (exact) mass is 359 g/mol. The smallest absolute Gasteiger partial charge is 0.223 e. The molecule has 2 amide bonds. The lowest BCUT2D eigenvalue weighted by atomic mass is 10.2. The minimum Gasteiger partial charge on any atom is -0.356 e. The van der Waals surface area contributed by atoms with Crippen molar-refractivity contribution in [3.8, 4) is 0 Å².